The zero-order valence-electron chi connectivity index (χ0n) is 10.5. The summed E-state index contributed by atoms with van der Waals surface area (Å²) in [5.41, 5.74) is 2.69. The van der Waals surface area contributed by atoms with E-state index < -0.39 is 0 Å². The first-order valence-electron chi connectivity index (χ1n) is 6.38. The minimum atomic E-state index is 0.563. The van der Waals surface area contributed by atoms with E-state index in [9.17, 15) is 0 Å². The van der Waals surface area contributed by atoms with E-state index in [1.165, 1.54) is 16.0 Å². The van der Waals surface area contributed by atoms with Gasteiger partial charge in [0.1, 0.15) is 0 Å². The maximum Gasteiger partial charge on any atom is 0.0717 e. The summed E-state index contributed by atoms with van der Waals surface area (Å²) in [6.07, 6.45) is 1.13. The van der Waals surface area contributed by atoms with Crippen molar-refractivity contribution in [3.05, 3.63) is 64.1 Å². The number of benzene rings is 2. The van der Waals surface area contributed by atoms with Gasteiger partial charge in [0.05, 0.1) is 13.2 Å². The lowest BCUT2D eigenvalue weighted by Gasteiger charge is -2.09. The Labute approximate surface area is 126 Å². The molecule has 0 spiro atoms. The van der Waals surface area contributed by atoms with E-state index in [4.69, 9.17) is 4.74 Å². The molecule has 0 amide bonds. The zero-order valence-corrected chi connectivity index (χ0v) is 12.9. The van der Waals surface area contributed by atoms with Gasteiger partial charge in [-0.1, -0.05) is 46.3 Å². The number of halogens is 1. The van der Waals surface area contributed by atoms with E-state index in [1.807, 2.05) is 11.8 Å². The van der Waals surface area contributed by atoms with Crippen molar-refractivity contribution in [1.82, 2.24) is 0 Å². The number of ether oxygens (including phenoxy) is 1. The molecule has 0 aromatic heterocycles. The Kier molecular flexibility index (Phi) is 4.26. The van der Waals surface area contributed by atoms with Crippen LogP contribution in [0.25, 0.3) is 0 Å². The average molecular weight is 335 g/mol. The molecule has 2 aromatic rings. The summed E-state index contributed by atoms with van der Waals surface area (Å²) < 4.78 is 6.95. The maximum atomic E-state index is 5.84. The van der Waals surface area contributed by atoms with Gasteiger partial charge < -0.3 is 4.74 Å². The summed E-state index contributed by atoms with van der Waals surface area (Å²) in [5, 5.41) is 0.563. The Morgan fingerprint density at radius 3 is 2.68 bits per heavy atom. The van der Waals surface area contributed by atoms with Crippen molar-refractivity contribution in [2.45, 2.75) is 23.2 Å². The largest absolute Gasteiger partial charge is 0.376 e. The summed E-state index contributed by atoms with van der Waals surface area (Å²) >= 11 is 5.38. The number of hydrogen-bond donors (Lipinski definition) is 0. The summed E-state index contributed by atoms with van der Waals surface area (Å²) in [5.74, 6) is 0. The van der Waals surface area contributed by atoms with Gasteiger partial charge in [-0.3, -0.25) is 0 Å². The van der Waals surface area contributed by atoms with Gasteiger partial charge in [-0.15, -0.1) is 11.8 Å². The molecule has 1 aliphatic rings. The highest BCUT2D eigenvalue weighted by Crippen LogP contribution is 2.36. The quantitative estimate of drug-likeness (QED) is 0.802. The summed E-state index contributed by atoms with van der Waals surface area (Å²) in [6.45, 7) is 1.51. The van der Waals surface area contributed by atoms with Crippen molar-refractivity contribution >= 4 is 27.7 Å². The van der Waals surface area contributed by atoms with Gasteiger partial charge in [0, 0.05) is 14.6 Å². The van der Waals surface area contributed by atoms with Gasteiger partial charge in [-0.25, -0.2) is 0 Å². The van der Waals surface area contributed by atoms with Crippen LogP contribution >= 0.6 is 27.7 Å². The lowest BCUT2D eigenvalue weighted by Crippen LogP contribution is -2.10. The first-order chi connectivity index (χ1) is 9.31. The molecule has 98 valence electrons. The van der Waals surface area contributed by atoms with E-state index >= 15 is 0 Å². The highest BCUT2D eigenvalue weighted by atomic mass is 79.9. The van der Waals surface area contributed by atoms with Crippen LogP contribution in [0.15, 0.2) is 57.9 Å². The molecular weight excluding hydrogens is 320 g/mol. The van der Waals surface area contributed by atoms with Crippen molar-refractivity contribution in [1.29, 1.82) is 0 Å². The second-order valence-corrected chi connectivity index (χ2v) is 6.95. The van der Waals surface area contributed by atoms with Crippen molar-refractivity contribution in [3.8, 4) is 0 Å². The molecule has 1 aliphatic heterocycles. The number of thioether (sulfide) groups is 1. The molecule has 19 heavy (non-hydrogen) atoms. The normalized spacial score (nSPS) is 17.4. The molecule has 0 bridgehead atoms. The van der Waals surface area contributed by atoms with Crippen LogP contribution in [0, 0.1) is 0 Å². The van der Waals surface area contributed by atoms with Gasteiger partial charge in [-0.05, 0) is 35.7 Å². The van der Waals surface area contributed by atoms with Gasteiger partial charge in [0.15, 0.2) is 0 Å². The summed E-state index contributed by atoms with van der Waals surface area (Å²) in [4.78, 5) is 1.42. The molecule has 3 rings (SSSR count). The third-order valence-corrected chi connectivity index (χ3v) is 5.02. The number of rotatable bonds is 4. The Bertz CT molecular complexity index is 528. The SMILES string of the molecule is Brc1ccc(COCC2Cc3ccccc3S2)cc1. The Morgan fingerprint density at radius 2 is 1.89 bits per heavy atom. The molecule has 0 saturated carbocycles. The van der Waals surface area contributed by atoms with Crippen LogP contribution in [0.4, 0.5) is 0 Å². The smallest absolute Gasteiger partial charge is 0.0717 e. The number of fused-ring (bicyclic) bond motifs is 1. The molecule has 2 aromatic carbocycles. The molecule has 0 saturated heterocycles. The van der Waals surface area contributed by atoms with Crippen LogP contribution in [-0.2, 0) is 17.8 Å². The van der Waals surface area contributed by atoms with E-state index in [-0.39, 0.29) is 0 Å². The molecule has 3 heteroatoms. The predicted molar refractivity (Wildman–Crippen MR) is 83.6 cm³/mol. The van der Waals surface area contributed by atoms with Gasteiger partial charge in [-0.2, -0.15) is 0 Å². The lowest BCUT2D eigenvalue weighted by molar-refractivity contribution is 0.122. The highest BCUT2D eigenvalue weighted by molar-refractivity contribution is 9.10. The molecule has 0 aliphatic carbocycles. The van der Waals surface area contributed by atoms with Crippen LogP contribution in [0.1, 0.15) is 11.1 Å². The molecule has 1 atom stereocenters. The first-order valence-corrected chi connectivity index (χ1v) is 8.05. The number of hydrogen-bond acceptors (Lipinski definition) is 2. The third-order valence-electron chi connectivity index (χ3n) is 3.20. The lowest BCUT2D eigenvalue weighted by atomic mass is 10.1. The molecule has 0 N–H and O–H groups in total. The molecule has 0 radical (unpaired) electrons. The predicted octanol–water partition coefficient (Wildman–Crippen LogP) is 4.68. The minimum Gasteiger partial charge on any atom is -0.376 e. The van der Waals surface area contributed by atoms with Gasteiger partial charge in [0.25, 0.3) is 0 Å². The van der Waals surface area contributed by atoms with Crippen LogP contribution in [0.5, 0.6) is 0 Å². The third kappa shape index (κ3) is 3.41. The van der Waals surface area contributed by atoms with E-state index in [2.05, 4.69) is 64.5 Å². The van der Waals surface area contributed by atoms with Gasteiger partial charge >= 0.3 is 0 Å². The highest BCUT2D eigenvalue weighted by Gasteiger charge is 2.21. The minimum absolute atomic E-state index is 0.563. The van der Waals surface area contributed by atoms with Crippen LogP contribution in [0.3, 0.4) is 0 Å². The average Bonchev–Trinajstić information content (AvgIpc) is 2.83. The maximum absolute atomic E-state index is 5.84. The molecule has 1 nitrogen and oxygen atoms in total. The Hall–Kier alpha value is -0.770. The van der Waals surface area contributed by atoms with Crippen molar-refractivity contribution in [2.75, 3.05) is 6.61 Å². The second-order valence-electron chi connectivity index (χ2n) is 4.69. The van der Waals surface area contributed by atoms with Crippen molar-refractivity contribution in [2.24, 2.45) is 0 Å². The van der Waals surface area contributed by atoms with E-state index in [0.29, 0.717) is 11.9 Å². The standard InChI is InChI=1S/C16H15BrOS/c17-14-7-5-12(6-8-14)10-18-11-15-9-13-3-1-2-4-16(13)19-15/h1-8,15H,9-11H2. The zero-order chi connectivity index (χ0) is 13.1. The first kappa shape index (κ1) is 13.2. The Morgan fingerprint density at radius 1 is 1.11 bits per heavy atom. The summed E-state index contributed by atoms with van der Waals surface area (Å²) in [7, 11) is 0. The Balaban J connectivity index is 1.48. The fraction of sp³-hybridized carbons (Fsp3) is 0.250. The van der Waals surface area contributed by atoms with Crippen LogP contribution in [0.2, 0.25) is 0 Å². The molecule has 0 fully saturated rings. The van der Waals surface area contributed by atoms with Crippen LogP contribution in [-0.4, -0.2) is 11.9 Å². The van der Waals surface area contributed by atoms with E-state index in [1.54, 1.807) is 0 Å². The fourth-order valence-corrected chi connectivity index (χ4v) is 3.75. The monoisotopic (exact) mass is 334 g/mol. The van der Waals surface area contributed by atoms with E-state index in [0.717, 1.165) is 17.5 Å². The topological polar surface area (TPSA) is 9.23 Å². The fourth-order valence-electron chi connectivity index (χ4n) is 2.24. The van der Waals surface area contributed by atoms with Crippen molar-refractivity contribution in [3.63, 3.8) is 0 Å². The van der Waals surface area contributed by atoms with Crippen LogP contribution < -0.4 is 0 Å². The van der Waals surface area contributed by atoms with Gasteiger partial charge in [0.2, 0.25) is 0 Å². The second kappa shape index (κ2) is 6.12. The molecule has 1 unspecified atom stereocenters. The van der Waals surface area contributed by atoms with Crippen molar-refractivity contribution < 1.29 is 4.74 Å². The summed E-state index contributed by atoms with van der Waals surface area (Å²) in [6, 6.07) is 17.0. The molecular formula is C16H15BrOS. The molecule has 1 heterocycles.